The van der Waals surface area contributed by atoms with Crippen LogP contribution in [0.3, 0.4) is 0 Å². The van der Waals surface area contributed by atoms with Gasteiger partial charge in [0.25, 0.3) is 0 Å². The lowest BCUT2D eigenvalue weighted by atomic mass is 9.96. The minimum Gasteiger partial charge on any atom is -0.505 e. The van der Waals surface area contributed by atoms with E-state index in [1.807, 2.05) is 6.92 Å². The molecule has 164 valence electrons. The maximum Gasteiger partial charge on any atom is 0.165 e. The maximum absolute atomic E-state index is 15.2. The summed E-state index contributed by atoms with van der Waals surface area (Å²) < 4.78 is 29.1. The highest BCUT2D eigenvalue weighted by molar-refractivity contribution is 5.94. The van der Waals surface area contributed by atoms with Crippen LogP contribution in [0.4, 0.5) is 8.78 Å². The van der Waals surface area contributed by atoms with Gasteiger partial charge in [0.05, 0.1) is 22.3 Å². The van der Waals surface area contributed by atoms with Crippen LogP contribution >= 0.6 is 24.8 Å². The molecule has 5 rings (SSSR count). The molecule has 0 unspecified atom stereocenters. The Labute approximate surface area is 189 Å². The van der Waals surface area contributed by atoms with E-state index in [1.165, 1.54) is 18.2 Å². The molecule has 2 aromatic heterocycles. The van der Waals surface area contributed by atoms with Crippen molar-refractivity contribution in [2.24, 2.45) is 0 Å². The third kappa shape index (κ3) is 3.86. The molecule has 0 saturated carbocycles. The lowest BCUT2D eigenvalue weighted by Gasteiger charge is -2.10. The highest BCUT2D eigenvalue weighted by Gasteiger charge is 2.21. The second-order valence-corrected chi connectivity index (χ2v) is 7.20. The summed E-state index contributed by atoms with van der Waals surface area (Å²) in [6, 6.07) is 5.73. The van der Waals surface area contributed by atoms with Crippen LogP contribution in [0.15, 0.2) is 24.3 Å². The van der Waals surface area contributed by atoms with Gasteiger partial charge < -0.3 is 15.4 Å². The van der Waals surface area contributed by atoms with Gasteiger partial charge >= 0.3 is 0 Å². The second kappa shape index (κ2) is 8.82. The molecule has 0 aliphatic carbocycles. The molecule has 0 bridgehead atoms. The molecule has 0 atom stereocenters. The minimum atomic E-state index is -0.738. The summed E-state index contributed by atoms with van der Waals surface area (Å²) in [5.74, 6) is -1.09. The van der Waals surface area contributed by atoms with E-state index in [-0.39, 0.29) is 24.8 Å². The number of benzene rings is 2. The number of aromatic amines is 2. The van der Waals surface area contributed by atoms with E-state index in [9.17, 15) is 9.50 Å². The van der Waals surface area contributed by atoms with Gasteiger partial charge in [0.2, 0.25) is 0 Å². The first-order valence-electron chi connectivity index (χ1n) is 9.53. The van der Waals surface area contributed by atoms with Crippen LogP contribution in [0.25, 0.3) is 33.5 Å². The van der Waals surface area contributed by atoms with E-state index in [4.69, 9.17) is 0 Å². The molecule has 0 spiro atoms. The Bertz CT molecular complexity index is 1230. The zero-order valence-corrected chi connectivity index (χ0v) is 18.2. The number of nitrogens with one attached hydrogen (secondary N) is 3. The summed E-state index contributed by atoms with van der Waals surface area (Å²) in [6.07, 6.45) is 1.38. The standard InChI is InChI=1S/C21H19F2N5O.2ClH/c1-2-10-7-18(29)13(22)8-12(10)11-5-14(23)19-16(6-11)27-28-20(19)21-25-15-3-4-24-9-17(15)26-21;;/h5-8,24,29H,2-4,9H2,1H3,(H,25,26)(H,27,28);2*1H. The number of H-pyrrole nitrogens is 2. The number of hydrogen-bond donors (Lipinski definition) is 4. The summed E-state index contributed by atoms with van der Waals surface area (Å²) >= 11 is 0. The van der Waals surface area contributed by atoms with Crippen molar-refractivity contribution in [3.63, 3.8) is 0 Å². The zero-order chi connectivity index (χ0) is 20.1. The molecule has 0 amide bonds. The van der Waals surface area contributed by atoms with E-state index in [2.05, 4.69) is 25.5 Å². The monoisotopic (exact) mass is 467 g/mol. The van der Waals surface area contributed by atoms with Gasteiger partial charge in [-0.1, -0.05) is 6.92 Å². The van der Waals surface area contributed by atoms with Gasteiger partial charge in [-0.2, -0.15) is 5.10 Å². The molecule has 0 radical (unpaired) electrons. The fraction of sp³-hybridized carbons (Fsp3) is 0.238. The van der Waals surface area contributed by atoms with Gasteiger partial charge in [-0.05, 0) is 47.4 Å². The smallest absolute Gasteiger partial charge is 0.165 e. The van der Waals surface area contributed by atoms with Crippen molar-refractivity contribution in [2.75, 3.05) is 6.54 Å². The van der Waals surface area contributed by atoms with Crippen LogP contribution in [0.5, 0.6) is 5.75 Å². The number of fused-ring (bicyclic) bond motifs is 2. The van der Waals surface area contributed by atoms with Gasteiger partial charge in [-0.25, -0.2) is 13.8 Å². The van der Waals surface area contributed by atoms with Crippen molar-refractivity contribution in [3.8, 4) is 28.4 Å². The molecule has 31 heavy (non-hydrogen) atoms. The number of rotatable bonds is 3. The van der Waals surface area contributed by atoms with E-state index in [0.29, 0.717) is 46.5 Å². The number of phenolic OH excluding ortho intramolecular Hbond substituents is 1. The highest BCUT2D eigenvalue weighted by Crippen LogP contribution is 2.35. The normalized spacial score (nSPS) is 12.9. The molecule has 0 fully saturated rings. The average Bonchev–Trinajstić information content (AvgIpc) is 3.33. The molecule has 4 N–H and O–H groups in total. The summed E-state index contributed by atoms with van der Waals surface area (Å²) in [5.41, 5.74) is 4.67. The number of aromatic nitrogens is 4. The topological polar surface area (TPSA) is 89.6 Å². The molecule has 0 saturated heterocycles. The predicted octanol–water partition coefficient (Wildman–Crippen LogP) is 4.66. The molecule has 6 nitrogen and oxygen atoms in total. The molecule has 10 heteroatoms. The summed E-state index contributed by atoms with van der Waals surface area (Å²) in [7, 11) is 0. The van der Waals surface area contributed by atoms with Crippen molar-refractivity contribution < 1.29 is 13.9 Å². The van der Waals surface area contributed by atoms with Crippen molar-refractivity contribution in [1.29, 1.82) is 0 Å². The van der Waals surface area contributed by atoms with Crippen LogP contribution < -0.4 is 5.32 Å². The van der Waals surface area contributed by atoms with Gasteiger partial charge in [0, 0.05) is 19.5 Å². The number of aryl methyl sites for hydroxylation is 1. The Morgan fingerprint density at radius 3 is 2.65 bits per heavy atom. The van der Waals surface area contributed by atoms with Gasteiger partial charge in [-0.15, -0.1) is 24.8 Å². The SMILES string of the molecule is CCc1cc(O)c(F)cc1-c1cc(F)c2c(-c3nc4c([nH]3)CNCC4)n[nH]c2c1.Cl.Cl. The number of halogens is 4. The van der Waals surface area contributed by atoms with E-state index in [1.54, 1.807) is 6.07 Å². The fourth-order valence-corrected chi connectivity index (χ4v) is 3.93. The Morgan fingerprint density at radius 2 is 1.90 bits per heavy atom. The summed E-state index contributed by atoms with van der Waals surface area (Å²) in [6.45, 7) is 3.45. The number of hydrogen-bond acceptors (Lipinski definition) is 4. The first kappa shape index (κ1) is 23.0. The lowest BCUT2D eigenvalue weighted by Crippen LogP contribution is -2.23. The third-order valence-corrected chi connectivity index (χ3v) is 5.41. The Kier molecular flexibility index (Phi) is 6.54. The molecular formula is C21H21Cl2F2N5O. The van der Waals surface area contributed by atoms with E-state index >= 15 is 4.39 Å². The lowest BCUT2D eigenvalue weighted by molar-refractivity contribution is 0.432. The number of imidazole rings is 1. The zero-order valence-electron chi connectivity index (χ0n) is 16.6. The first-order chi connectivity index (χ1) is 14.0. The van der Waals surface area contributed by atoms with Crippen molar-refractivity contribution in [2.45, 2.75) is 26.3 Å². The van der Waals surface area contributed by atoms with Gasteiger partial charge in [0.15, 0.2) is 17.4 Å². The number of aromatic hydroxyl groups is 1. The Hall–Kier alpha value is -2.68. The van der Waals surface area contributed by atoms with Gasteiger partial charge in [0.1, 0.15) is 11.5 Å². The maximum atomic E-state index is 15.2. The predicted molar refractivity (Wildman–Crippen MR) is 120 cm³/mol. The quantitative estimate of drug-likeness (QED) is 0.352. The van der Waals surface area contributed by atoms with Crippen LogP contribution in [0.1, 0.15) is 23.9 Å². The molecule has 1 aliphatic heterocycles. The summed E-state index contributed by atoms with van der Waals surface area (Å²) in [5, 5.41) is 20.4. The van der Waals surface area contributed by atoms with Crippen molar-refractivity contribution >= 4 is 35.7 Å². The Balaban J connectivity index is 0.00000136. The first-order valence-corrected chi connectivity index (χ1v) is 9.53. The molecule has 2 aromatic carbocycles. The van der Waals surface area contributed by atoms with Crippen molar-refractivity contribution in [1.82, 2.24) is 25.5 Å². The largest absolute Gasteiger partial charge is 0.505 e. The fourth-order valence-electron chi connectivity index (χ4n) is 3.93. The van der Waals surface area contributed by atoms with Crippen molar-refractivity contribution in [3.05, 3.63) is 52.9 Å². The Morgan fingerprint density at radius 1 is 1.10 bits per heavy atom. The van der Waals surface area contributed by atoms with Crippen LogP contribution in [-0.4, -0.2) is 31.8 Å². The average molecular weight is 468 g/mol. The highest BCUT2D eigenvalue weighted by atomic mass is 35.5. The number of nitrogens with zero attached hydrogens (tertiary/aromatic N) is 2. The summed E-state index contributed by atoms with van der Waals surface area (Å²) in [4.78, 5) is 7.83. The van der Waals surface area contributed by atoms with Crippen LogP contribution in [-0.2, 0) is 19.4 Å². The van der Waals surface area contributed by atoms with Crippen LogP contribution in [0.2, 0.25) is 0 Å². The molecule has 3 heterocycles. The van der Waals surface area contributed by atoms with E-state index < -0.39 is 17.4 Å². The van der Waals surface area contributed by atoms with Crippen LogP contribution in [0, 0.1) is 11.6 Å². The van der Waals surface area contributed by atoms with E-state index in [0.717, 1.165) is 29.9 Å². The van der Waals surface area contributed by atoms with Gasteiger partial charge in [-0.3, -0.25) is 5.10 Å². The molecular weight excluding hydrogens is 447 g/mol. The second-order valence-electron chi connectivity index (χ2n) is 7.20. The molecule has 1 aliphatic rings. The third-order valence-electron chi connectivity index (χ3n) is 5.41. The number of phenols is 1. The minimum absolute atomic E-state index is 0. The molecule has 4 aromatic rings.